The Morgan fingerprint density at radius 3 is 2.96 bits per heavy atom. The van der Waals surface area contributed by atoms with E-state index in [9.17, 15) is 14.7 Å². The number of carbonyl (C=O) groups excluding carboxylic acids is 2. The Bertz CT molecular complexity index is 755. The number of β-amino-alcohol motifs (C(OH)–C–C–N with tert-alkyl or cyclic N) is 1. The number of nitrogens with zero attached hydrogens (tertiary/aromatic N) is 1. The summed E-state index contributed by atoms with van der Waals surface area (Å²) >= 11 is 6.14. The molecule has 3 rings (SSSR count). The summed E-state index contributed by atoms with van der Waals surface area (Å²) in [6.45, 7) is 4.30. The molecule has 154 valence electrons. The molecule has 1 aromatic carbocycles. The highest BCUT2D eigenvalue weighted by Gasteiger charge is 2.30. The van der Waals surface area contributed by atoms with Gasteiger partial charge in [0.25, 0.3) is 0 Å². The summed E-state index contributed by atoms with van der Waals surface area (Å²) in [5.74, 6) is -0.00399. The Hall–Kier alpha value is -1.83. The van der Waals surface area contributed by atoms with Gasteiger partial charge in [-0.3, -0.25) is 0 Å². The lowest BCUT2D eigenvalue weighted by atomic mass is 9.94. The van der Waals surface area contributed by atoms with Crippen molar-refractivity contribution < 1.29 is 24.2 Å². The van der Waals surface area contributed by atoms with Crippen LogP contribution in [0, 0.1) is 5.92 Å². The predicted octanol–water partition coefficient (Wildman–Crippen LogP) is 2.07. The number of carbonyl (C=O) groups is 2. The zero-order valence-corrected chi connectivity index (χ0v) is 16.8. The molecule has 1 fully saturated rings. The summed E-state index contributed by atoms with van der Waals surface area (Å²) < 4.78 is 11.0. The third kappa shape index (κ3) is 4.77. The molecule has 0 amide bonds. The van der Waals surface area contributed by atoms with E-state index < -0.39 is 12.1 Å². The molecule has 3 N–H and O–H groups in total. The maximum absolute atomic E-state index is 12.6. The highest BCUT2D eigenvalue weighted by Crippen LogP contribution is 2.39. The number of nitrogen functional groups attached to an aromatic ring is 1. The normalized spacial score (nSPS) is 21.8. The highest BCUT2D eigenvalue weighted by atomic mass is 35.5. The van der Waals surface area contributed by atoms with Crippen molar-refractivity contribution in [2.45, 2.75) is 38.7 Å². The van der Waals surface area contributed by atoms with Gasteiger partial charge in [-0.15, -0.1) is 0 Å². The number of hydrogen-bond acceptors (Lipinski definition) is 7. The molecular weight excluding hydrogens is 384 g/mol. The molecule has 2 unspecified atom stereocenters. The number of halogens is 1. The number of nitrogens with two attached hydrogens (primary N) is 1. The van der Waals surface area contributed by atoms with Gasteiger partial charge in [0.05, 0.1) is 30.0 Å². The number of likely N-dealkylation sites (tertiary alicyclic amines) is 1. The molecule has 1 aromatic rings. The Morgan fingerprint density at radius 1 is 1.46 bits per heavy atom. The molecule has 28 heavy (non-hydrogen) atoms. The number of hydrogen-bond donors (Lipinski definition) is 2. The van der Waals surface area contributed by atoms with Crippen molar-refractivity contribution in [2.24, 2.45) is 5.92 Å². The molecule has 0 saturated carbocycles. The number of aliphatic hydroxyl groups excluding tert-OH is 1. The first kappa shape index (κ1) is 20.9. The van der Waals surface area contributed by atoms with E-state index in [1.807, 2.05) is 0 Å². The molecule has 0 spiro atoms. The first-order valence-corrected chi connectivity index (χ1v) is 10.0. The molecular formula is C20H27ClN2O5. The molecule has 2 atom stereocenters. The average molecular weight is 411 g/mol. The van der Waals surface area contributed by atoms with Crippen molar-refractivity contribution in [3.63, 3.8) is 0 Å². The zero-order valence-electron chi connectivity index (χ0n) is 16.1. The summed E-state index contributed by atoms with van der Waals surface area (Å²) in [7, 11) is 0. The number of fused-ring (bicyclic) bond motifs is 1. The Labute approximate surface area is 169 Å². The Morgan fingerprint density at radius 2 is 2.25 bits per heavy atom. The van der Waals surface area contributed by atoms with E-state index >= 15 is 0 Å². The number of rotatable bonds is 7. The fraction of sp³-hybridized carbons (Fsp3) is 0.600. The fourth-order valence-corrected chi connectivity index (χ4v) is 4.00. The monoisotopic (exact) mass is 410 g/mol. The molecule has 0 aromatic heterocycles. The number of benzene rings is 1. The van der Waals surface area contributed by atoms with E-state index in [1.165, 1.54) is 6.07 Å². The molecule has 2 aliphatic heterocycles. The van der Waals surface area contributed by atoms with Crippen LogP contribution >= 0.6 is 11.6 Å². The van der Waals surface area contributed by atoms with Gasteiger partial charge in [0.1, 0.15) is 17.1 Å². The Kier molecular flexibility index (Phi) is 6.80. The number of ether oxygens (including phenoxy) is 2. The van der Waals surface area contributed by atoms with Crippen LogP contribution in [0.4, 0.5) is 5.69 Å². The van der Waals surface area contributed by atoms with Crippen LogP contribution < -0.4 is 10.5 Å². The van der Waals surface area contributed by atoms with Crippen LogP contribution in [0.5, 0.6) is 5.75 Å². The lowest BCUT2D eigenvalue weighted by Crippen LogP contribution is -2.45. The minimum atomic E-state index is -0.573. The van der Waals surface area contributed by atoms with Gasteiger partial charge in [0.2, 0.25) is 0 Å². The number of piperidine rings is 1. The largest absolute Gasteiger partial charge is 0.492 e. The molecule has 0 radical (unpaired) electrons. The van der Waals surface area contributed by atoms with Crippen LogP contribution in [-0.2, 0) is 16.0 Å². The molecule has 2 aliphatic rings. The third-order valence-corrected chi connectivity index (χ3v) is 5.74. The van der Waals surface area contributed by atoms with Gasteiger partial charge < -0.3 is 30.0 Å². The number of esters is 1. The van der Waals surface area contributed by atoms with Crippen LogP contribution in [-0.4, -0.2) is 60.7 Å². The van der Waals surface area contributed by atoms with Crippen molar-refractivity contribution in [1.82, 2.24) is 4.90 Å². The quantitative estimate of drug-likeness (QED) is 0.524. The minimum absolute atomic E-state index is 0.119. The van der Waals surface area contributed by atoms with E-state index in [0.717, 1.165) is 31.5 Å². The topological polar surface area (TPSA) is 102 Å². The van der Waals surface area contributed by atoms with Crippen molar-refractivity contribution in [1.29, 1.82) is 0 Å². The standard InChI is InChI=1S/C20H27ClN2O5/c1-12(24)3-2-6-23-7-4-13(17(25)10-23)11-28-20(26)15-9-16(21)18(22)14-5-8-27-19(14)15/h9,13,17,25H,2-8,10-11,22H2,1H3. The lowest BCUT2D eigenvalue weighted by molar-refractivity contribution is -0.117. The van der Waals surface area contributed by atoms with E-state index in [2.05, 4.69) is 4.90 Å². The summed E-state index contributed by atoms with van der Waals surface area (Å²) in [6.07, 6.45) is 2.12. The second kappa shape index (κ2) is 9.11. The predicted molar refractivity (Wildman–Crippen MR) is 106 cm³/mol. The fourth-order valence-electron chi connectivity index (χ4n) is 3.77. The molecule has 8 heteroatoms. The van der Waals surface area contributed by atoms with Gasteiger partial charge in [0, 0.05) is 30.9 Å². The van der Waals surface area contributed by atoms with Crippen LogP contribution in [0.3, 0.4) is 0 Å². The highest BCUT2D eigenvalue weighted by molar-refractivity contribution is 6.33. The lowest BCUT2D eigenvalue weighted by Gasteiger charge is -2.35. The van der Waals surface area contributed by atoms with Crippen LogP contribution in [0.25, 0.3) is 0 Å². The van der Waals surface area contributed by atoms with E-state index in [4.69, 9.17) is 26.8 Å². The first-order valence-electron chi connectivity index (χ1n) is 9.67. The zero-order chi connectivity index (χ0) is 20.3. The summed E-state index contributed by atoms with van der Waals surface area (Å²) in [5, 5.41) is 10.7. The van der Waals surface area contributed by atoms with Gasteiger partial charge in [-0.05, 0) is 38.9 Å². The van der Waals surface area contributed by atoms with Crippen molar-refractivity contribution in [3.8, 4) is 5.75 Å². The molecule has 0 aliphatic carbocycles. The molecule has 0 bridgehead atoms. The molecule has 1 saturated heterocycles. The van der Waals surface area contributed by atoms with Gasteiger partial charge in [-0.25, -0.2) is 4.79 Å². The molecule has 7 nitrogen and oxygen atoms in total. The average Bonchev–Trinajstić information content (AvgIpc) is 3.13. The van der Waals surface area contributed by atoms with Crippen molar-refractivity contribution in [3.05, 3.63) is 22.2 Å². The number of anilines is 1. The van der Waals surface area contributed by atoms with Crippen molar-refractivity contribution >= 4 is 29.0 Å². The van der Waals surface area contributed by atoms with Crippen molar-refractivity contribution in [2.75, 3.05) is 38.6 Å². The maximum Gasteiger partial charge on any atom is 0.341 e. The maximum atomic E-state index is 12.6. The van der Waals surface area contributed by atoms with E-state index in [-0.39, 0.29) is 23.9 Å². The number of Topliss-reactive ketones (excluding diaryl/α,β-unsaturated/α-hetero) is 1. The molecule has 2 heterocycles. The second-order valence-corrected chi connectivity index (χ2v) is 7.95. The van der Waals surface area contributed by atoms with E-state index in [1.54, 1.807) is 6.92 Å². The van der Waals surface area contributed by atoms with Crippen LogP contribution in [0.2, 0.25) is 5.02 Å². The van der Waals surface area contributed by atoms with Gasteiger partial charge in [-0.1, -0.05) is 11.6 Å². The second-order valence-electron chi connectivity index (χ2n) is 7.55. The van der Waals surface area contributed by atoms with Gasteiger partial charge in [0.15, 0.2) is 0 Å². The summed E-state index contributed by atoms with van der Waals surface area (Å²) in [6, 6.07) is 1.48. The first-order chi connectivity index (χ1) is 13.4. The van der Waals surface area contributed by atoms with Crippen LogP contribution in [0.15, 0.2) is 6.07 Å². The number of ketones is 1. The van der Waals surface area contributed by atoms with Gasteiger partial charge in [-0.2, -0.15) is 0 Å². The number of aliphatic hydroxyl groups is 1. The smallest absolute Gasteiger partial charge is 0.341 e. The summed E-state index contributed by atoms with van der Waals surface area (Å²) in [4.78, 5) is 25.7. The van der Waals surface area contributed by atoms with Crippen LogP contribution in [0.1, 0.15) is 42.1 Å². The third-order valence-electron chi connectivity index (χ3n) is 5.43. The SMILES string of the molecule is CC(=O)CCCN1CCC(COC(=O)c2cc(Cl)c(N)c3c2OCC3)C(O)C1. The van der Waals surface area contributed by atoms with Gasteiger partial charge >= 0.3 is 5.97 Å². The summed E-state index contributed by atoms with van der Waals surface area (Å²) in [5.41, 5.74) is 7.43. The minimum Gasteiger partial charge on any atom is -0.492 e. The Balaban J connectivity index is 1.53. The van der Waals surface area contributed by atoms with E-state index in [0.29, 0.717) is 42.5 Å².